The summed E-state index contributed by atoms with van der Waals surface area (Å²) in [7, 11) is 0. The molecule has 3 rings (SSSR count). The third-order valence-corrected chi connectivity index (χ3v) is 5.83. The molecule has 0 bridgehead atoms. The minimum absolute atomic E-state index is 0.0329. The smallest absolute Gasteiger partial charge is 0.224 e. The van der Waals surface area contributed by atoms with E-state index in [-0.39, 0.29) is 24.2 Å². The molecule has 2 aliphatic heterocycles. The third kappa shape index (κ3) is 6.00. The molecular weight excluding hydrogens is 357 g/mol. The molecule has 5 nitrogen and oxygen atoms in total. The van der Waals surface area contributed by atoms with Crippen LogP contribution in [0, 0.1) is 11.7 Å². The number of carbonyl (C=O) groups is 1. The van der Waals surface area contributed by atoms with Gasteiger partial charge in [-0.25, -0.2) is 4.39 Å². The zero-order valence-corrected chi connectivity index (χ0v) is 17.1. The van der Waals surface area contributed by atoms with Gasteiger partial charge in [-0.2, -0.15) is 0 Å². The maximum atomic E-state index is 13.8. The Bertz CT molecular complexity index is 634. The maximum Gasteiger partial charge on any atom is 0.224 e. The van der Waals surface area contributed by atoms with Gasteiger partial charge < -0.3 is 15.4 Å². The highest BCUT2D eigenvalue weighted by Gasteiger charge is 2.32. The van der Waals surface area contributed by atoms with Gasteiger partial charge in [0.2, 0.25) is 5.91 Å². The van der Waals surface area contributed by atoms with Crippen molar-refractivity contribution in [3.8, 4) is 0 Å². The van der Waals surface area contributed by atoms with Crippen LogP contribution in [0.4, 0.5) is 4.39 Å². The molecule has 1 amide bonds. The molecular formula is C22H34FN3O2. The Morgan fingerprint density at radius 2 is 1.93 bits per heavy atom. The molecule has 2 atom stereocenters. The normalized spacial score (nSPS) is 24.9. The van der Waals surface area contributed by atoms with Gasteiger partial charge in [-0.1, -0.05) is 32.0 Å². The summed E-state index contributed by atoms with van der Waals surface area (Å²) in [5, 5.41) is 6.63. The lowest BCUT2D eigenvalue weighted by atomic mass is 10.00. The second kappa shape index (κ2) is 10.3. The minimum Gasteiger partial charge on any atom is -0.381 e. The summed E-state index contributed by atoms with van der Waals surface area (Å²) >= 11 is 0. The summed E-state index contributed by atoms with van der Waals surface area (Å²) in [6.07, 6.45) is 3.89. The number of benzene rings is 1. The molecule has 2 saturated heterocycles. The number of ether oxygens (including phenoxy) is 1. The first-order chi connectivity index (χ1) is 13.5. The van der Waals surface area contributed by atoms with Crippen LogP contribution in [0.1, 0.15) is 45.1 Å². The summed E-state index contributed by atoms with van der Waals surface area (Å²) in [4.78, 5) is 15.4. The third-order valence-electron chi connectivity index (χ3n) is 5.83. The Balaban J connectivity index is 1.63. The molecule has 156 valence electrons. The first-order valence-electron chi connectivity index (χ1n) is 10.6. The average Bonchev–Trinajstić information content (AvgIpc) is 2.90. The number of amides is 1. The van der Waals surface area contributed by atoms with E-state index in [9.17, 15) is 9.18 Å². The van der Waals surface area contributed by atoms with E-state index in [0.717, 1.165) is 52.0 Å². The van der Waals surface area contributed by atoms with E-state index < -0.39 is 0 Å². The van der Waals surface area contributed by atoms with Gasteiger partial charge >= 0.3 is 0 Å². The van der Waals surface area contributed by atoms with Crippen LogP contribution in [0.25, 0.3) is 0 Å². The van der Waals surface area contributed by atoms with Gasteiger partial charge in [0.05, 0.1) is 5.92 Å². The number of halogens is 1. The van der Waals surface area contributed by atoms with E-state index in [1.54, 1.807) is 18.2 Å². The van der Waals surface area contributed by atoms with Gasteiger partial charge in [-0.05, 0) is 31.7 Å². The van der Waals surface area contributed by atoms with Gasteiger partial charge in [0, 0.05) is 56.5 Å². The molecule has 0 unspecified atom stereocenters. The molecule has 1 aromatic carbocycles. The maximum absolute atomic E-state index is 13.8. The first-order valence-corrected chi connectivity index (χ1v) is 10.6. The van der Waals surface area contributed by atoms with Crippen LogP contribution in [0.2, 0.25) is 0 Å². The molecule has 6 heteroatoms. The van der Waals surface area contributed by atoms with E-state index in [0.29, 0.717) is 23.7 Å². The fraction of sp³-hybridized carbons (Fsp3) is 0.682. The van der Waals surface area contributed by atoms with Crippen molar-refractivity contribution in [1.29, 1.82) is 0 Å². The predicted molar refractivity (Wildman–Crippen MR) is 108 cm³/mol. The SMILES string of the molecule is CC(C)N[C@H]1CC[C@@H](C(=O)NCc2ccccc2F)CN(C2CCOCC2)C1. The van der Waals surface area contributed by atoms with E-state index in [1.807, 2.05) is 0 Å². The molecule has 2 aliphatic rings. The number of rotatable bonds is 6. The second-order valence-electron chi connectivity index (χ2n) is 8.40. The van der Waals surface area contributed by atoms with Crippen molar-refractivity contribution in [1.82, 2.24) is 15.5 Å². The highest BCUT2D eigenvalue weighted by atomic mass is 19.1. The second-order valence-corrected chi connectivity index (χ2v) is 8.40. The number of nitrogens with one attached hydrogen (secondary N) is 2. The standard InChI is InChI=1S/C22H34FN3O2/c1-16(2)25-19-8-7-18(14-26(15-19)20-9-11-28-12-10-20)22(27)24-13-17-5-3-4-6-21(17)23/h3-6,16,18-20,25H,7-15H2,1-2H3,(H,24,27)/t18-,19+/m1/s1. The highest BCUT2D eigenvalue weighted by molar-refractivity contribution is 5.78. The summed E-state index contributed by atoms with van der Waals surface area (Å²) in [5.41, 5.74) is 0.533. The minimum atomic E-state index is -0.270. The van der Waals surface area contributed by atoms with Gasteiger partial charge in [-0.3, -0.25) is 9.69 Å². The Morgan fingerprint density at radius 3 is 2.64 bits per heavy atom. The zero-order valence-electron chi connectivity index (χ0n) is 17.1. The Kier molecular flexibility index (Phi) is 7.82. The molecule has 2 heterocycles. The van der Waals surface area contributed by atoms with Crippen LogP contribution in [0.15, 0.2) is 24.3 Å². The number of carbonyl (C=O) groups excluding carboxylic acids is 1. The number of nitrogens with zero attached hydrogens (tertiary/aromatic N) is 1. The molecule has 0 saturated carbocycles. The van der Waals surface area contributed by atoms with Crippen molar-refractivity contribution < 1.29 is 13.9 Å². The summed E-state index contributed by atoms with van der Waals surface area (Å²) in [6.45, 7) is 7.92. The van der Waals surface area contributed by atoms with Crippen molar-refractivity contribution in [2.75, 3.05) is 26.3 Å². The van der Waals surface area contributed by atoms with E-state index >= 15 is 0 Å². The summed E-state index contributed by atoms with van der Waals surface area (Å²) in [5.74, 6) is -0.298. The number of hydrogen-bond donors (Lipinski definition) is 2. The lowest BCUT2D eigenvalue weighted by Gasteiger charge is -2.36. The van der Waals surface area contributed by atoms with Crippen molar-refractivity contribution >= 4 is 5.91 Å². The zero-order chi connectivity index (χ0) is 19.9. The Morgan fingerprint density at radius 1 is 1.18 bits per heavy atom. The summed E-state index contributed by atoms with van der Waals surface area (Å²) < 4.78 is 19.4. The van der Waals surface area contributed by atoms with Crippen molar-refractivity contribution in [3.63, 3.8) is 0 Å². The van der Waals surface area contributed by atoms with Crippen molar-refractivity contribution in [3.05, 3.63) is 35.6 Å². The molecule has 0 aromatic heterocycles. The van der Waals surface area contributed by atoms with Crippen molar-refractivity contribution in [2.45, 2.75) is 64.2 Å². The van der Waals surface area contributed by atoms with Crippen LogP contribution in [-0.4, -0.2) is 55.2 Å². The Labute approximate surface area is 168 Å². The van der Waals surface area contributed by atoms with E-state index in [2.05, 4.69) is 29.4 Å². The highest BCUT2D eigenvalue weighted by Crippen LogP contribution is 2.23. The van der Waals surface area contributed by atoms with E-state index in [1.165, 1.54) is 6.07 Å². The lowest BCUT2D eigenvalue weighted by molar-refractivity contribution is -0.126. The monoisotopic (exact) mass is 391 g/mol. The van der Waals surface area contributed by atoms with Crippen LogP contribution in [0.5, 0.6) is 0 Å². The molecule has 1 aromatic rings. The van der Waals surface area contributed by atoms with Gasteiger partial charge in [0.15, 0.2) is 0 Å². The average molecular weight is 392 g/mol. The fourth-order valence-electron chi connectivity index (χ4n) is 4.36. The molecule has 2 fully saturated rings. The number of hydrogen-bond acceptors (Lipinski definition) is 4. The van der Waals surface area contributed by atoms with Crippen LogP contribution >= 0.6 is 0 Å². The van der Waals surface area contributed by atoms with Gasteiger partial charge in [0.1, 0.15) is 5.82 Å². The van der Waals surface area contributed by atoms with Crippen LogP contribution < -0.4 is 10.6 Å². The lowest BCUT2D eigenvalue weighted by Crippen LogP contribution is -2.49. The number of likely N-dealkylation sites (tertiary alicyclic amines) is 1. The quantitative estimate of drug-likeness (QED) is 0.783. The van der Waals surface area contributed by atoms with Crippen LogP contribution in [0.3, 0.4) is 0 Å². The largest absolute Gasteiger partial charge is 0.381 e. The molecule has 0 radical (unpaired) electrons. The Hall–Kier alpha value is -1.50. The fourth-order valence-corrected chi connectivity index (χ4v) is 4.36. The van der Waals surface area contributed by atoms with Gasteiger partial charge in [-0.15, -0.1) is 0 Å². The topological polar surface area (TPSA) is 53.6 Å². The predicted octanol–water partition coefficient (Wildman–Crippen LogP) is 2.70. The van der Waals surface area contributed by atoms with Gasteiger partial charge in [0.25, 0.3) is 0 Å². The first kappa shape index (κ1) is 21.2. The molecule has 2 N–H and O–H groups in total. The molecule has 28 heavy (non-hydrogen) atoms. The molecule has 0 aliphatic carbocycles. The van der Waals surface area contributed by atoms with Crippen LogP contribution in [-0.2, 0) is 16.1 Å². The van der Waals surface area contributed by atoms with E-state index in [4.69, 9.17) is 4.74 Å². The summed E-state index contributed by atoms with van der Waals surface area (Å²) in [6, 6.07) is 7.91. The van der Waals surface area contributed by atoms with Crippen molar-refractivity contribution in [2.24, 2.45) is 5.92 Å². The molecule has 0 spiro atoms.